The molecule has 2 aliphatic rings. The van der Waals surface area contributed by atoms with Crippen molar-refractivity contribution in [3.8, 4) is 0 Å². The summed E-state index contributed by atoms with van der Waals surface area (Å²) >= 11 is 0. The molecule has 2 bridgehead atoms. The van der Waals surface area contributed by atoms with Crippen LogP contribution in [0, 0.1) is 23.6 Å². The fourth-order valence-electron chi connectivity index (χ4n) is 3.98. The molecule has 0 aromatic heterocycles. The van der Waals surface area contributed by atoms with E-state index in [2.05, 4.69) is 12.2 Å². The SMILES string of the molecule is C[C@H](NCc1cccc(F)c1)[C@@H]1C[C@H]2CC[C@H]1C2. The predicted octanol–water partition coefficient (Wildman–Crippen LogP) is 3.74. The number of halogens is 1. The number of fused-ring (bicyclic) bond motifs is 2. The molecule has 0 spiro atoms. The van der Waals surface area contributed by atoms with E-state index in [-0.39, 0.29) is 5.82 Å². The minimum Gasteiger partial charge on any atom is -0.310 e. The minimum absolute atomic E-state index is 0.137. The lowest BCUT2D eigenvalue weighted by Crippen LogP contribution is -2.35. The molecule has 0 saturated heterocycles. The van der Waals surface area contributed by atoms with Gasteiger partial charge in [-0.25, -0.2) is 4.39 Å². The second-order valence-corrected chi connectivity index (χ2v) is 6.14. The predicted molar refractivity (Wildman–Crippen MR) is 71.6 cm³/mol. The molecule has 1 nitrogen and oxygen atoms in total. The first-order valence-corrected chi connectivity index (χ1v) is 7.20. The van der Waals surface area contributed by atoms with Gasteiger partial charge in [-0.3, -0.25) is 0 Å². The molecule has 0 radical (unpaired) electrons. The van der Waals surface area contributed by atoms with Crippen LogP contribution in [-0.4, -0.2) is 6.04 Å². The van der Waals surface area contributed by atoms with Crippen LogP contribution in [0.4, 0.5) is 4.39 Å². The zero-order chi connectivity index (χ0) is 12.5. The highest BCUT2D eigenvalue weighted by Crippen LogP contribution is 2.49. The molecule has 3 rings (SSSR count). The normalized spacial score (nSPS) is 31.8. The van der Waals surface area contributed by atoms with Crippen molar-refractivity contribution in [1.82, 2.24) is 5.32 Å². The summed E-state index contributed by atoms with van der Waals surface area (Å²) in [6.45, 7) is 3.08. The van der Waals surface area contributed by atoms with Crippen LogP contribution in [0.2, 0.25) is 0 Å². The average Bonchev–Trinajstić information content (AvgIpc) is 2.98. The molecule has 0 aliphatic heterocycles. The van der Waals surface area contributed by atoms with Crippen LogP contribution < -0.4 is 5.32 Å². The summed E-state index contributed by atoms with van der Waals surface area (Å²) in [5, 5.41) is 3.59. The summed E-state index contributed by atoms with van der Waals surface area (Å²) < 4.78 is 13.1. The zero-order valence-corrected chi connectivity index (χ0v) is 11.0. The van der Waals surface area contributed by atoms with E-state index in [0.29, 0.717) is 6.04 Å². The van der Waals surface area contributed by atoms with E-state index in [1.807, 2.05) is 6.07 Å². The molecule has 0 unspecified atom stereocenters. The number of hydrogen-bond donors (Lipinski definition) is 1. The van der Waals surface area contributed by atoms with Gasteiger partial charge >= 0.3 is 0 Å². The van der Waals surface area contributed by atoms with Crippen molar-refractivity contribution in [1.29, 1.82) is 0 Å². The van der Waals surface area contributed by atoms with Crippen molar-refractivity contribution in [3.05, 3.63) is 35.6 Å². The molecule has 98 valence electrons. The van der Waals surface area contributed by atoms with Gasteiger partial charge in [-0.2, -0.15) is 0 Å². The number of rotatable bonds is 4. The molecule has 1 aromatic rings. The van der Waals surface area contributed by atoms with Crippen LogP contribution in [0.1, 0.15) is 38.2 Å². The summed E-state index contributed by atoms with van der Waals surface area (Å²) in [6, 6.07) is 7.46. The van der Waals surface area contributed by atoms with Crippen LogP contribution in [0.3, 0.4) is 0 Å². The van der Waals surface area contributed by atoms with Crippen molar-refractivity contribution in [2.45, 2.75) is 45.2 Å². The standard InChI is InChI=1S/C16H22FN/c1-11(16-9-12-5-6-14(16)7-12)18-10-13-3-2-4-15(17)8-13/h2-4,8,11-12,14,16,18H,5-7,9-10H2,1H3/t11-,12-,14-,16-/m0/s1. The maximum atomic E-state index is 13.1. The second-order valence-electron chi connectivity index (χ2n) is 6.14. The maximum absolute atomic E-state index is 13.1. The summed E-state index contributed by atoms with van der Waals surface area (Å²) in [7, 11) is 0. The Hall–Kier alpha value is -0.890. The fourth-order valence-corrected chi connectivity index (χ4v) is 3.98. The van der Waals surface area contributed by atoms with Crippen molar-refractivity contribution in [2.75, 3.05) is 0 Å². The maximum Gasteiger partial charge on any atom is 0.123 e. The van der Waals surface area contributed by atoms with Gasteiger partial charge in [-0.05, 0) is 61.6 Å². The van der Waals surface area contributed by atoms with Gasteiger partial charge in [0.1, 0.15) is 5.82 Å². The molecule has 4 atom stereocenters. The van der Waals surface area contributed by atoms with Crippen LogP contribution in [-0.2, 0) is 6.54 Å². The number of hydrogen-bond acceptors (Lipinski definition) is 1. The van der Waals surface area contributed by atoms with Crippen molar-refractivity contribution < 1.29 is 4.39 Å². The van der Waals surface area contributed by atoms with Gasteiger partial charge in [-0.15, -0.1) is 0 Å². The quantitative estimate of drug-likeness (QED) is 0.854. The zero-order valence-electron chi connectivity index (χ0n) is 11.0. The van der Waals surface area contributed by atoms with E-state index in [1.165, 1.54) is 31.7 Å². The van der Waals surface area contributed by atoms with Crippen molar-refractivity contribution in [2.24, 2.45) is 17.8 Å². The largest absolute Gasteiger partial charge is 0.310 e. The molecular formula is C16H22FN. The monoisotopic (exact) mass is 247 g/mol. The molecule has 1 N–H and O–H groups in total. The molecule has 1 aromatic carbocycles. The number of nitrogens with one attached hydrogen (secondary N) is 1. The molecule has 18 heavy (non-hydrogen) atoms. The van der Waals surface area contributed by atoms with E-state index in [9.17, 15) is 4.39 Å². The third kappa shape index (κ3) is 2.44. The van der Waals surface area contributed by atoms with Crippen LogP contribution in [0.15, 0.2) is 24.3 Å². The Morgan fingerprint density at radius 1 is 1.33 bits per heavy atom. The fraction of sp³-hybridized carbons (Fsp3) is 0.625. The minimum atomic E-state index is -0.137. The van der Waals surface area contributed by atoms with Gasteiger partial charge in [0.2, 0.25) is 0 Å². The highest BCUT2D eigenvalue weighted by atomic mass is 19.1. The smallest absolute Gasteiger partial charge is 0.123 e. The molecule has 2 aliphatic carbocycles. The lowest BCUT2D eigenvalue weighted by molar-refractivity contribution is 0.259. The van der Waals surface area contributed by atoms with Crippen LogP contribution in [0.25, 0.3) is 0 Å². The highest BCUT2D eigenvalue weighted by Gasteiger charge is 2.41. The molecule has 0 amide bonds. The summed E-state index contributed by atoms with van der Waals surface area (Å²) in [5.41, 5.74) is 1.05. The van der Waals surface area contributed by atoms with Crippen LogP contribution in [0.5, 0.6) is 0 Å². The van der Waals surface area contributed by atoms with E-state index in [4.69, 9.17) is 0 Å². The van der Waals surface area contributed by atoms with Gasteiger partial charge < -0.3 is 5.32 Å². The van der Waals surface area contributed by atoms with E-state index >= 15 is 0 Å². The van der Waals surface area contributed by atoms with Gasteiger partial charge in [0.15, 0.2) is 0 Å². The third-order valence-electron chi connectivity index (χ3n) is 4.95. The van der Waals surface area contributed by atoms with Crippen molar-refractivity contribution >= 4 is 0 Å². The first-order valence-electron chi connectivity index (χ1n) is 7.20. The summed E-state index contributed by atoms with van der Waals surface area (Å²) in [6.07, 6.45) is 5.75. The molecule has 2 fully saturated rings. The van der Waals surface area contributed by atoms with Gasteiger partial charge in [0.25, 0.3) is 0 Å². The molecule has 0 heterocycles. The van der Waals surface area contributed by atoms with Gasteiger partial charge in [0.05, 0.1) is 0 Å². The molecule has 2 heteroatoms. The Kier molecular flexibility index (Phi) is 3.38. The summed E-state index contributed by atoms with van der Waals surface area (Å²) in [5.74, 6) is 2.66. The molecule has 2 saturated carbocycles. The number of benzene rings is 1. The average molecular weight is 247 g/mol. The highest BCUT2D eigenvalue weighted by molar-refractivity contribution is 5.16. The Morgan fingerprint density at radius 2 is 2.22 bits per heavy atom. The summed E-state index contributed by atoms with van der Waals surface area (Å²) in [4.78, 5) is 0. The first-order chi connectivity index (χ1) is 8.72. The van der Waals surface area contributed by atoms with E-state index in [1.54, 1.807) is 12.1 Å². The van der Waals surface area contributed by atoms with Gasteiger partial charge in [0, 0.05) is 12.6 Å². The Labute approximate surface area is 109 Å². The Balaban J connectivity index is 1.54. The lowest BCUT2D eigenvalue weighted by atomic mass is 9.84. The first kappa shape index (κ1) is 12.2. The van der Waals surface area contributed by atoms with Gasteiger partial charge in [-0.1, -0.05) is 18.6 Å². The third-order valence-corrected chi connectivity index (χ3v) is 4.95. The second kappa shape index (κ2) is 5.00. The Bertz CT molecular complexity index is 417. The topological polar surface area (TPSA) is 12.0 Å². The Morgan fingerprint density at radius 3 is 2.89 bits per heavy atom. The van der Waals surface area contributed by atoms with Crippen molar-refractivity contribution in [3.63, 3.8) is 0 Å². The van der Waals surface area contributed by atoms with E-state index in [0.717, 1.165) is 29.9 Å². The van der Waals surface area contributed by atoms with E-state index < -0.39 is 0 Å². The lowest BCUT2D eigenvalue weighted by Gasteiger charge is -2.28. The van der Waals surface area contributed by atoms with Crippen LogP contribution >= 0.6 is 0 Å². The molecular weight excluding hydrogens is 225 g/mol.